The number of anilines is 2. The minimum absolute atomic E-state index is 0.0493. The molecule has 1 aromatic carbocycles. The predicted octanol–water partition coefficient (Wildman–Crippen LogP) is 2.51. The number of nitrogens with two attached hydrogens (primary N) is 1. The normalized spacial score (nSPS) is 26.2. The van der Waals surface area contributed by atoms with Gasteiger partial charge in [-0.25, -0.2) is 4.39 Å². The highest BCUT2D eigenvalue weighted by atomic mass is 19.1. The Balaban J connectivity index is 1.63. The average Bonchev–Trinajstić information content (AvgIpc) is 2.91. The smallest absolute Gasteiger partial charge is 0.103 e. The Kier molecular flexibility index (Phi) is 4.60. The van der Waals surface area contributed by atoms with Gasteiger partial charge in [0.15, 0.2) is 0 Å². The van der Waals surface area contributed by atoms with Crippen LogP contribution in [-0.2, 0) is 16.1 Å². The van der Waals surface area contributed by atoms with E-state index in [2.05, 4.69) is 11.0 Å². The van der Waals surface area contributed by atoms with Crippen LogP contribution in [0.1, 0.15) is 24.8 Å². The van der Waals surface area contributed by atoms with Crippen molar-refractivity contribution in [2.45, 2.75) is 38.1 Å². The molecule has 2 aliphatic rings. The molecule has 1 heterocycles. The maximum Gasteiger partial charge on any atom is 0.103 e. The van der Waals surface area contributed by atoms with Crippen LogP contribution < -0.4 is 10.6 Å². The van der Waals surface area contributed by atoms with Crippen molar-refractivity contribution in [1.82, 2.24) is 0 Å². The van der Waals surface area contributed by atoms with E-state index in [9.17, 15) is 4.39 Å². The summed E-state index contributed by atoms with van der Waals surface area (Å²) in [6.45, 7) is 3.77. The van der Waals surface area contributed by atoms with Crippen molar-refractivity contribution in [3.05, 3.63) is 23.8 Å². The summed E-state index contributed by atoms with van der Waals surface area (Å²) in [5.41, 5.74) is 8.91. The lowest BCUT2D eigenvalue weighted by molar-refractivity contribution is 0.0415. The van der Waals surface area contributed by atoms with Crippen molar-refractivity contribution in [2.75, 3.05) is 36.9 Å². The molecule has 1 aliphatic heterocycles. The molecule has 0 radical (unpaired) electrons. The highest BCUT2D eigenvalue weighted by Crippen LogP contribution is 2.27. The largest absolute Gasteiger partial charge is 0.399 e. The fourth-order valence-electron chi connectivity index (χ4n) is 3.04. The quantitative estimate of drug-likeness (QED) is 0.867. The SMILES string of the molecule is Nc1cc(COC2CCC(F)C2)cc(N2CCOCC2)c1. The number of morpholine rings is 1. The molecule has 2 unspecified atom stereocenters. The molecule has 2 fully saturated rings. The van der Waals surface area contributed by atoms with E-state index in [0.717, 1.165) is 49.7 Å². The Morgan fingerprint density at radius 3 is 2.76 bits per heavy atom. The van der Waals surface area contributed by atoms with Crippen molar-refractivity contribution in [2.24, 2.45) is 0 Å². The number of ether oxygens (including phenoxy) is 2. The molecule has 0 bridgehead atoms. The summed E-state index contributed by atoms with van der Waals surface area (Å²) in [5, 5.41) is 0. The first kappa shape index (κ1) is 14.6. The first-order chi connectivity index (χ1) is 10.2. The number of alkyl halides is 1. The topological polar surface area (TPSA) is 47.7 Å². The number of nitrogens with zero attached hydrogens (tertiary/aromatic N) is 1. The Bertz CT molecular complexity index is 477. The summed E-state index contributed by atoms with van der Waals surface area (Å²) in [7, 11) is 0. The van der Waals surface area contributed by atoms with Crippen LogP contribution in [0.5, 0.6) is 0 Å². The van der Waals surface area contributed by atoms with E-state index >= 15 is 0 Å². The lowest BCUT2D eigenvalue weighted by Gasteiger charge is -2.29. The van der Waals surface area contributed by atoms with E-state index in [1.165, 1.54) is 0 Å². The molecule has 1 saturated carbocycles. The summed E-state index contributed by atoms with van der Waals surface area (Å²) >= 11 is 0. The molecule has 1 saturated heterocycles. The van der Waals surface area contributed by atoms with Gasteiger partial charge in [0.1, 0.15) is 6.17 Å². The van der Waals surface area contributed by atoms with E-state index in [-0.39, 0.29) is 6.10 Å². The molecule has 3 rings (SSSR count). The van der Waals surface area contributed by atoms with E-state index in [0.29, 0.717) is 19.4 Å². The van der Waals surface area contributed by atoms with Crippen LogP contribution in [0, 0.1) is 0 Å². The van der Waals surface area contributed by atoms with Gasteiger partial charge in [-0.1, -0.05) is 0 Å². The van der Waals surface area contributed by atoms with Crippen LogP contribution in [0.2, 0.25) is 0 Å². The van der Waals surface area contributed by atoms with Crippen LogP contribution in [0.3, 0.4) is 0 Å². The van der Waals surface area contributed by atoms with Crippen LogP contribution in [0.25, 0.3) is 0 Å². The molecule has 2 N–H and O–H groups in total. The Hall–Kier alpha value is -1.33. The molecule has 1 aromatic rings. The maximum atomic E-state index is 13.2. The maximum absolute atomic E-state index is 13.2. The highest BCUT2D eigenvalue weighted by Gasteiger charge is 2.24. The van der Waals surface area contributed by atoms with Gasteiger partial charge in [0, 0.05) is 30.9 Å². The van der Waals surface area contributed by atoms with E-state index in [1.54, 1.807) is 0 Å². The van der Waals surface area contributed by atoms with Gasteiger partial charge in [-0.15, -0.1) is 0 Å². The third kappa shape index (κ3) is 3.86. The fraction of sp³-hybridized carbons (Fsp3) is 0.625. The highest BCUT2D eigenvalue weighted by molar-refractivity contribution is 5.58. The van der Waals surface area contributed by atoms with E-state index < -0.39 is 6.17 Å². The molecule has 1 aliphatic carbocycles. The lowest BCUT2D eigenvalue weighted by atomic mass is 10.1. The van der Waals surface area contributed by atoms with Crippen LogP contribution in [0.15, 0.2) is 18.2 Å². The molecular formula is C16H23FN2O2. The summed E-state index contributed by atoms with van der Waals surface area (Å²) < 4.78 is 24.3. The number of halogens is 1. The second kappa shape index (κ2) is 6.62. The summed E-state index contributed by atoms with van der Waals surface area (Å²) in [6.07, 6.45) is 1.33. The monoisotopic (exact) mass is 294 g/mol. The first-order valence-electron chi connectivity index (χ1n) is 7.68. The second-order valence-corrected chi connectivity index (χ2v) is 5.88. The van der Waals surface area contributed by atoms with E-state index in [1.807, 2.05) is 12.1 Å². The molecule has 0 aromatic heterocycles. The molecule has 0 spiro atoms. The van der Waals surface area contributed by atoms with Gasteiger partial charge in [-0.2, -0.15) is 0 Å². The van der Waals surface area contributed by atoms with Gasteiger partial charge in [-0.3, -0.25) is 0 Å². The molecular weight excluding hydrogens is 271 g/mol. The van der Waals surface area contributed by atoms with Crippen molar-refractivity contribution < 1.29 is 13.9 Å². The van der Waals surface area contributed by atoms with Gasteiger partial charge >= 0.3 is 0 Å². The molecule has 116 valence electrons. The van der Waals surface area contributed by atoms with Crippen LogP contribution in [-0.4, -0.2) is 38.6 Å². The van der Waals surface area contributed by atoms with Gasteiger partial charge in [-0.05, 0) is 36.6 Å². The molecule has 21 heavy (non-hydrogen) atoms. The third-order valence-electron chi connectivity index (χ3n) is 4.18. The number of benzene rings is 1. The van der Waals surface area contributed by atoms with Gasteiger partial charge < -0.3 is 20.1 Å². The van der Waals surface area contributed by atoms with Gasteiger partial charge in [0.25, 0.3) is 0 Å². The Morgan fingerprint density at radius 2 is 2.05 bits per heavy atom. The number of hydrogen-bond acceptors (Lipinski definition) is 4. The zero-order valence-corrected chi connectivity index (χ0v) is 12.3. The molecule has 4 nitrogen and oxygen atoms in total. The summed E-state index contributed by atoms with van der Waals surface area (Å²) in [6, 6.07) is 6.04. The van der Waals surface area contributed by atoms with Crippen molar-refractivity contribution in [1.29, 1.82) is 0 Å². The zero-order valence-electron chi connectivity index (χ0n) is 12.3. The minimum atomic E-state index is -0.695. The zero-order chi connectivity index (χ0) is 14.7. The second-order valence-electron chi connectivity index (χ2n) is 5.88. The van der Waals surface area contributed by atoms with Crippen LogP contribution >= 0.6 is 0 Å². The number of rotatable bonds is 4. The average molecular weight is 294 g/mol. The van der Waals surface area contributed by atoms with Crippen molar-refractivity contribution >= 4 is 11.4 Å². The predicted molar refractivity (Wildman–Crippen MR) is 81.2 cm³/mol. The first-order valence-corrected chi connectivity index (χ1v) is 7.68. The number of nitrogen functional groups attached to an aromatic ring is 1. The summed E-state index contributed by atoms with van der Waals surface area (Å²) in [4.78, 5) is 2.27. The Labute approximate surface area is 125 Å². The number of hydrogen-bond donors (Lipinski definition) is 1. The molecule has 0 amide bonds. The summed E-state index contributed by atoms with van der Waals surface area (Å²) in [5.74, 6) is 0. The third-order valence-corrected chi connectivity index (χ3v) is 4.18. The van der Waals surface area contributed by atoms with Gasteiger partial charge in [0.05, 0.1) is 25.9 Å². The van der Waals surface area contributed by atoms with Crippen LogP contribution in [0.4, 0.5) is 15.8 Å². The minimum Gasteiger partial charge on any atom is -0.399 e. The van der Waals surface area contributed by atoms with E-state index in [4.69, 9.17) is 15.2 Å². The molecule has 2 atom stereocenters. The van der Waals surface area contributed by atoms with Crippen molar-refractivity contribution in [3.8, 4) is 0 Å². The van der Waals surface area contributed by atoms with Crippen molar-refractivity contribution in [3.63, 3.8) is 0 Å². The molecule has 5 heteroatoms. The Morgan fingerprint density at radius 1 is 1.24 bits per heavy atom. The lowest BCUT2D eigenvalue weighted by Crippen LogP contribution is -2.36. The van der Waals surface area contributed by atoms with Gasteiger partial charge in [0.2, 0.25) is 0 Å². The standard InChI is InChI=1S/C16H23FN2O2/c17-13-1-2-16(9-13)21-11-12-7-14(18)10-15(8-12)19-3-5-20-6-4-19/h7-8,10,13,16H,1-6,9,11,18H2. The fourth-order valence-corrected chi connectivity index (χ4v) is 3.04.